The van der Waals surface area contributed by atoms with Crippen molar-refractivity contribution in [3.63, 3.8) is 0 Å². The molecule has 1 aromatic heterocycles. The monoisotopic (exact) mass is 241 g/mol. The van der Waals surface area contributed by atoms with E-state index in [9.17, 15) is 13.6 Å². The van der Waals surface area contributed by atoms with E-state index in [2.05, 4.69) is 10.3 Å². The van der Waals surface area contributed by atoms with E-state index in [-0.39, 0.29) is 30.6 Å². The van der Waals surface area contributed by atoms with Crippen LogP contribution < -0.4 is 5.32 Å². The van der Waals surface area contributed by atoms with E-state index in [1.807, 2.05) is 6.92 Å². The summed E-state index contributed by atoms with van der Waals surface area (Å²) in [6, 6.07) is -0.00999. The fourth-order valence-corrected chi connectivity index (χ4v) is 1.95. The molecule has 4 nitrogen and oxygen atoms in total. The van der Waals surface area contributed by atoms with Gasteiger partial charge in [-0.3, -0.25) is 14.7 Å². The summed E-state index contributed by atoms with van der Waals surface area (Å²) in [4.78, 5) is 16.4. The molecule has 1 atom stereocenters. The standard InChI is InChI=1S/C11H13F2N3O/c1-7-4-16(6-11(17)15-7)5-8-9(12)2-14-3-10(8)13/h2-3,7H,4-6H2,1H3,(H,15,17)/t7-/m0/s1. The highest BCUT2D eigenvalue weighted by molar-refractivity contribution is 5.79. The first-order valence-corrected chi connectivity index (χ1v) is 5.36. The van der Waals surface area contributed by atoms with Crippen LogP contribution in [0, 0.1) is 11.6 Å². The van der Waals surface area contributed by atoms with Gasteiger partial charge in [-0.25, -0.2) is 8.78 Å². The number of aromatic nitrogens is 1. The Bertz CT molecular complexity index is 418. The molecule has 0 aliphatic carbocycles. The van der Waals surface area contributed by atoms with Crippen LogP contribution in [-0.2, 0) is 11.3 Å². The number of nitrogens with one attached hydrogen (secondary N) is 1. The molecule has 1 aliphatic heterocycles. The Morgan fingerprint density at radius 1 is 1.47 bits per heavy atom. The molecule has 6 heteroatoms. The molecule has 1 aliphatic rings. The second kappa shape index (κ2) is 4.75. The number of pyridine rings is 1. The molecule has 2 heterocycles. The highest BCUT2D eigenvalue weighted by Crippen LogP contribution is 2.14. The summed E-state index contributed by atoms with van der Waals surface area (Å²) in [5.74, 6) is -1.48. The topological polar surface area (TPSA) is 45.2 Å². The predicted octanol–water partition coefficient (Wildman–Crippen LogP) is 0.680. The average Bonchev–Trinajstić information content (AvgIpc) is 2.22. The minimum atomic E-state index is -0.677. The van der Waals surface area contributed by atoms with Gasteiger partial charge < -0.3 is 5.32 Å². The minimum absolute atomic E-state index is 0.00999. The fraction of sp³-hybridized carbons (Fsp3) is 0.455. The van der Waals surface area contributed by atoms with Crippen molar-refractivity contribution in [3.8, 4) is 0 Å². The lowest BCUT2D eigenvalue weighted by atomic mass is 10.2. The predicted molar refractivity (Wildman–Crippen MR) is 57.0 cm³/mol. The quantitative estimate of drug-likeness (QED) is 0.828. The van der Waals surface area contributed by atoms with Crippen molar-refractivity contribution in [2.24, 2.45) is 0 Å². The summed E-state index contributed by atoms with van der Waals surface area (Å²) in [7, 11) is 0. The molecule has 2 rings (SSSR count). The molecule has 0 spiro atoms. The third kappa shape index (κ3) is 2.76. The summed E-state index contributed by atoms with van der Waals surface area (Å²) >= 11 is 0. The highest BCUT2D eigenvalue weighted by Gasteiger charge is 2.23. The zero-order chi connectivity index (χ0) is 12.4. The highest BCUT2D eigenvalue weighted by atomic mass is 19.1. The van der Waals surface area contributed by atoms with Crippen molar-refractivity contribution in [1.29, 1.82) is 0 Å². The summed E-state index contributed by atoms with van der Waals surface area (Å²) in [5.41, 5.74) is -0.0399. The number of rotatable bonds is 2. The Morgan fingerprint density at radius 2 is 2.12 bits per heavy atom. The molecule has 1 amide bonds. The normalized spacial score (nSPS) is 21.4. The van der Waals surface area contributed by atoms with Crippen molar-refractivity contribution in [2.75, 3.05) is 13.1 Å². The van der Waals surface area contributed by atoms with Gasteiger partial charge in [0.15, 0.2) is 0 Å². The first kappa shape index (κ1) is 11.9. The maximum Gasteiger partial charge on any atom is 0.234 e. The zero-order valence-electron chi connectivity index (χ0n) is 9.41. The van der Waals surface area contributed by atoms with Gasteiger partial charge in [0, 0.05) is 24.7 Å². The smallest absolute Gasteiger partial charge is 0.234 e. The van der Waals surface area contributed by atoms with E-state index in [0.29, 0.717) is 6.54 Å². The van der Waals surface area contributed by atoms with E-state index in [1.54, 1.807) is 4.90 Å². The van der Waals surface area contributed by atoms with Crippen LogP contribution in [0.2, 0.25) is 0 Å². The molecule has 0 aromatic carbocycles. The van der Waals surface area contributed by atoms with Crippen LogP contribution in [0.3, 0.4) is 0 Å². The second-order valence-electron chi connectivity index (χ2n) is 4.22. The maximum atomic E-state index is 13.4. The lowest BCUT2D eigenvalue weighted by Gasteiger charge is -2.31. The maximum absolute atomic E-state index is 13.4. The second-order valence-corrected chi connectivity index (χ2v) is 4.22. The van der Waals surface area contributed by atoms with Crippen LogP contribution in [-0.4, -0.2) is 34.9 Å². The van der Waals surface area contributed by atoms with Crippen LogP contribution in [0.4, 0.5) is 8.78 Å². The van der Waals surface area contributed by atoms with Crippen LogP contribution in [0.25, 0.3) is 0 Å². The largest absolute Gasteiger partial charge is 0.351 e. The van der Waals surface area contributed by atoms with Crippen molar-refractivity contribution in [3.05, 3.63) is 29.6 Å². The number of carbonyl (C=O) groups is 1. The lowest BCUT2D eigenvalue weighted by Crippen LogP contribution is -2.52. The van der Waals surface area contributed by atoms with Crippen molar-refractivity contribution in [2.45, 2.75) is 19.5 Å². The number of carbonyl (C=O) groups excluding carboxylic acids is 1. The number of hydrogen-bond donors (Lipinski definition) is 1. The molecule has 1 saturated heterocycles. The summed E-state index contributed by atoms with van der Waals surface area (Å²) in [6.45, 7) is 2.67. The molecular weight excluding hydrogens is 228 g/mol. The van der Waals surface area contributed by atoms with E-state index < -0.39 is 11.6 Å². The Balaban J connectivity index is 2.12. The Hall–Kier alpha value is -1.56. The minimum Gasteiger partial charge on any atom is -0.351 e. The van der Waals surface area contributed by atoms with Gasteiger partial charge in [0.25, 0.3) is 0 Å². The molecule has 0 radical (unpaired) electrons. The molecule has 92 valence electrons. The average molecular weight is 241 g/mol. The Kier molecular flexibility index (Phi) is 3.33. The number of hydrogen-bond acceptors (Lipinski definition) is 3. The molecular formula is C11H13F2N3O. The van der Waals surface area contributed by atoms with Crippen LogP contribution in [0.5, 0.6) is 0 Å². The molecule has 1 fully saturated rings. The third-order valence-corrected chi connectivity index (χ3v) is 2.64. The van der Waals surface area contributed by atoms with Gasteiger partial charge in [-0.15, -0.1) is 0 Å². The molecule has 0 bridgehead atoms. The van der Waals surface area contributed by atoms with Gasteiger partial charge in [-0.2, -0.15) is 0 Å². The first-order valence-electron chi connectivity index (χ1n) is 5.36. The molecule has 17 heavy (non-hydrogen) atoms. The van der Waals surface area contributed by atoms with Gasteiger partial charge in [0.05, 0.1) is 18.9 Å². The van der Waals surface area contributed by atoms with Gasteiger partial charge in [0.2, 0.25) is 5.91 Å². The van der Waals surface area contributed by atoms with E-state index in [1.165, 1.54) is 0 Å². The third-order valence-electron chi connectivity index (χ3n) is 2.64. The van der Waals surface area contributed by atoms with Crippen molar-refractivity contribution in [1.82, 2.24) is 15.2 Å². The summed E-state index contributed by atoms with van der Waals surface area (Å²) < 4.78 is 26.7. The lowest BCUT2D eigenvalue weighted by molar-refractivity contribution is -0.125. The van der Waals surface area contributed by atoms with Crippen LogP contribution >= 0.6 is 0 Å². The number of piperazine rings is 1. The first-order chi connectivity index (χ1) is 8.06. The molecule has 1 aromatic rings. The SMILES string of the molecule is C[C@H]1CN(Cc2c(F)cncc2F)CC(=O)N1. The van der Waals surface area contributed by atoms with E-state index >= 15 is 0 Å². The van der Waals surface area contributed by atoms with Gasteiger partial charge in [0.1, 0.15) is 11.6 Å². The molecule has 0 unspecified atom stereocenters. The molecule has 1 N–H and O–H groups in total. The summed E-state index contributed by atoms with van der Waals surface area (Å²) in [6.07, 6.45) is 1.96. The number of halogens is 2. The fourth-order valence-electron chi connectivity index (χ4n) is 1.95. The van der Waals surface area contributed by atoms with Gasteiger partial charge >= 0.3 is 0 Å². The van der Waals surface area contributed by atoms with E-state index in [4.69, 9.17) is 0 Å². The van der Waals surface area contributed by atoms with E-state index in [0.717, 1.165) is 12.4 Å². The van der Waals surface area contributed by atoms with Crippen molar-refractivity contribution >= 4 is 5.91 Å². The summed E-state index contributed by atoms with van der Waals surface area (Å²) in [5, 5.41) is 2.74. The van der Waals surface area contributed by atoms with Crippen LogP contribution in [0.15, 0.2) is 12.4 Å². The van der Waals surface area contributed by atoms with Gasteiger partial charge in [-0.1, -0.05) is 0 Å². The zero-order valence-corrected chi connectivity index (χ0v) is 9.41. The Labute approximate surface area is 97.6 Å². The van der Waals surface area contributed by atoms with Crippen LogP contribution in [0.1, 0.15) is 12.5 Å². The number of amides is 1. The Morgan fingerprint density at radius 3 is 2.71 bits per heavy atom. The number of nitrogens with zero attached hydrogens (tertiary/aromatic N) is 2. The van der Waals surface area contributed by atoms with Crippen molar-refractivity contribution < 1.29 is 13.6 Å². The van der Waals surface area contributed by atoms with Gasteiger partial charge in [-0.05, 0) is 6.92 Å². The molecule has 0 saturated carbocycles.